The Morgan fingerprint density at radius 1 is 1.05 bits per heavy atom. The van der Waals surface area contributed by atoms with E-state index in [1.165, 1.54) is 38.5 Å². The molecule has 122 valence electrons. The van der Waals surface area contributed by atoms with Gasteiger partial charge in [-0.25, -0.2) is 0 Å². The second kappa shape index (κ2) is 6.20. The molecule has 0 spiro atoms. The first kappa shape index (κ1) is 15.8. The van der Waals surface area contributed by atoms with Crippen molar-refractivity contribution in [3.8, 4) is 0 Å². The molecule has 0 saturated heterocycles. The van der Waals surface area contributed by atoms with Crippen LogP contribution in [0, 0.1) is 29.6 Å². The molecule has 4 aliphatic rings. The van der Waals surface area contributed by atoms with Gasteiger partial charge < -0.3 is 10.1 Å². The van der Waals surface area contributed by atoms with Gasteiger partial charge in [-0.2, -0.15) is 0 Å². The number of methoxy groups -OCH3 is 1. The number of ether oxygens (including phenoxy) is 1. The van der Waals surface area contributed by atoms with Crippen LogP contribution in [-0.4, -0.2) is 25.3 Å². The van der Waals surface area contributed by atoms with Gasteiger partial charge in [0, 0.05) is 13.2 Å². The van der Waals surface area contributed by atoms with Crippen LogP contribution in [-0.2, 0) is 4.74 Å². The smallest absolute Gasteiger partial charge is 0.0623 e. The maximum Gasteiger partial charge on any atom is 0.0623 e. The normalized spacial score (nSPS) is 39.7. The minimum atomic E-state index is 0.0274. The molecular formula is C19H35NO. The Hall–Kier alpha value is -0.0800. The molecule has 4 aliphatic carbocycles. The predicted molar refractivity (Wildman–Crippen MR) is 88.3 cm³/mol. The average Bonchev–Trinajstić information content (AvgIpc) is 2.43. The van der Waals surface area contributed by atoms with Gasteiger partial charge in [0.05, 0.1) is 5.60 Å². The molecule has 0 aliphatic heterocycles. The first-order chi connectivity index (χ1) is 10.0. The monoisotopic (exact) mass is 293 g/mol. The van der Waals surface area contributed by atoms with E-state index in [1.54, 1.807) is 6.42 Å². The molecule has 0 radical (unpaired) electrons. The Kier molecular flexibility index (Phi) is 4.66. The van der Waals surface area contributed by atoms with Crippen LogP contribution in [0.25, 0.3) is 0 Å². The summed E-state index contributed by atoms with van der Waals surface area (Å²) < 4.78 is 5.64. The second-order valence-corrected chi connectivity index (χ2v) is 8.67. The van der Waals surface area contributed by atoms with Crippen LogP contribution >= 0.6 is 0 Å². The fraction of sp³-hybridized carbons (Fsp3) is 1.00. The first-order valence-electron chi connectivity index (χ1n) is 9.31. The van der Waals surface area contributed by atoms with Gasteiger partial charge in [-0.1, -0.05) is 6.92 Å². The average molecular weight is 293 g/mol. The Morgan fingerprint density at radius 2 is 1.62 bits per heavy atom. The Morgan fingerprint density at radius 3 is 2.10 bits per heavy atom. The molecule has 2 nitrogen and oxygen atoms in total. The van der Waals surface area contributed by atoms with Crippen LogP contribution in [0.3, 0.4) is 0 Å². The third kappa shape index (κ3) is 3.32. The van der Waals surface area contributed by atoms with E-state index in [2.05, 4.69) is 26.1 Å². The summed E-state index contributed by atoms with van der Waals surface area (Å²) in [6, 6.07) is 0.722. The van der Waals surface area contributed by atoms with Gasteiger partial charge in [0.2, 0.25) is 0 Å². The van der Waals surface area contributed by atoms with E-state index in [1.807, 2.05) is 7.11 Å². The molecule has 0 amide bonds. The van der Waals surface area contributed by atoms with Gasteiger partial charge in [-0.3, -0.25) is 0 Å². The van der Waals surface area contributed by atoms with Gasteiger partial charge in [0.25, 0.3) is 0 Å². The van der Waals surface area contributed by atoms with Gasteiger partial charge in [0.15, 0.2) is 0 Å². The van der Waals surface area contributed by atoms with E-state index >= 15 is 0 Å². The van der Waals surface area contributed by atoms with Crippen LogP contribution < -0.4 is 5.32 Å². The molecule has 4 rings (SSSR count). The van der Waals surface area contributed by atoms with E-state index in [0.717, 1.165) is 42.2 Å². The van der Waals surface area contributed by atoms with Crippen molar-refractivity contribution in [2.75, 3.05) is 13.7 Å². The van der Waals surface area contributed by atoms with Gasteiger partial charge in [-0.15, -0.1) is 0 Å². The zero-order valence-corrected chi connectivity index (χ0v) is 14.5. The molecule has 1 unspecified atom stereocenters. The summed E-state index contributed by atoms with van der Waals surface area (Å²) in [7, 11) is 1.85. The van der Waals surface area contributed by atoms with Gasteiger partial charge in [0.1, 0.15) is 0 Å². The molecule has 0 heterocycles. The highest BCUT2D eigenvalue weighted by atomic mass is 16.5. The lowest BCUT2D eigenvalue weighted by Gasteiger charge is -2.56. The van der Waals surface area contributed by atoms with E-state index in [0.29, 0.717) is 0 Å². The summed E-state index contributed by atoms with van der Waals surface area (Å²) >= 11 is 0. The third-order valence-corrected chi connectivity index (χ3v) is 6.84. The lowest BCUT2D eigenvalue weighted by Crippen LogP contribution is -2.53. The quantitative estimate of drug-likeness (QED) is 0.758. The van der Waals surface area contributed by atoms with Crippen LogP contribution in [0.4, 0.5) is 0 Å². The molecule has 1 atom stereocenters. The lowest BCUT2D eigenvalue weighted by atomic mass is 9.50. The maximum absolute atomic E-state index is 5.64. The summed E-state index contributed by atoms with van der Waals surface area (Å²) in [5, 5.41) is 3.85. The molecule has 4 bridgehead atoms. The number of hydrogen-bond donors (Lipinski definition) is 1. The van der Waals surface area contributed by atoms with Crippen LogP contribution in [0.15, 0.2) is 0 Å². The van der Waals surface area contributed by atoms with Crippen LogP contribution in [0.2, 0.25) is 0 Å². The van der Waals surface area contributed by atoms with E-state index in [9.17, 15) is 0 Å². The molecule has 21 heavy (non-hydrogen) atoms. The topological polar surface area (TPSA) is 21.3 Å². The highest BCUT2D eigenvalue weighted by molar-refractivity contribution is 5.01. The molecular weight excluding hydrogens is 258 g/mol. The molecule has 0 aromatic rings. The first-order valence-corrected chi connectivity index (χ1v) is 9.31. The van der Waals surface area contributed by atoms with Gasteiger partial charge >= 0.3 is 0 Å². The maximum atomic E-state index is 5.64. The SMILES string of the molecule is CCNC(CCC(C)(C)OC)C1C2CC3CC(C2)CC1C3. The second-order valence-electron chi connectivity index (χ2n) is 8.67. The van der Waals surface area contributed by atoms with Crippen molar-refractivity contribution in [2.24, 2.45) is 29.6 Å². The Balaban J connectivity index is 1.66. The third-order valence-electron chi connectivity index (χ3n) is 6.84. The molecule has 0 aromatic carbocycles. The number of nitrogens with one attached hydrogen (secondary N) is 1. The summed E-state index contributed by atoms with van der Waals surface area (Å²) in [5.74, 6) is 5.17. The lowest BCUT2D eigenvalue weighted by molar-refractivity contribution is -0.0577. The summed E-state index contributed by atoms with van der Waals surface area (Å²) in [4.78, 5) is 0. The van der Waals surface area contributed by atoms with Crippen molar-refractivity contribution >= 4 is 0 Å². The van der Waals surface area contributed by atoms with E-state index < -0.39 is 0 Å². The summed E-state index contributed by atoms with van der Waals surface area (Å²) in [5.41, 5.74) is 0.0274. The minimum absolute atomic E-state index is 0.0274. The molecule has 4 fully saturated rings. The van der Waals surface area contributed by atoms with Crippen molar-refractivity contribution in [3.05, 3.63) is 0 Å². The minimum Gasteiger partial charge on any atom is -0.379 e. The fourth-order valence-electron chi connectivity index (χ4n) is 5.92. The van der Waals surface area contributed by atoms with Gasteiger partial charge in [-0.05, 0) is 94.9 Å². The van der Waals surface area contributed by atoms with E-state index in [-0.39, 0.29) is 5.60 Å². The molecule has 1 N–H and O–H groups in total. The van der Waals surface area contributed by atoms with Crippen LogP contribution in [0.1, 0.15) is 65.7 Å². The highest BCUT2D eigenvalue weighted by Crippen LogP contribution is 2.57. The highest BCUT2D eigenvalue weighted by Gasteiger charge is 2.50. The summed E-state index contributed by atoms with van der Waals surface area (Å²) in [6.07, 6.45) is 10.1. The molecule has 0 aromatic heterocycles. The molecule has 2 heteroatoms. The van der Waals surface area contributed by atoms with Crippen molar-refractivity contribution in [2.45, 2.75) is 77.4 Å². The van der Waals surface area contributed by atoms with Crippen LogP contribution in [0.5, 0.6) is 0 Å². The zero-order valence-electron chi connectivity index (χ0n) is 14.5. The standard InChI is InChI=1S/C19H35NO/c1-5-20-17(6-7-19(2,3)21-4)18-15-9-13-8-14(11-15)12-16(18)10-13/h13-18,20H,5-12H2,1-4H3. The van der Waals surface area contributed by atoms with E-state index in [4.69, 9.17) is 4.74 Å². The van der Waals surface area contributed by atoms with Crippen molar-refractivity contribution in [1.29, 1.82) is 0 Å². The van der Waals surface area contributed by atoms with Crippen molar-refractivity contribution in [1.82, 2.24) is 5.32 Å². The zero-order chi connectivity index (χ0) is 15.0. The Bertz CT molecular complexity index is 323. The largest absolute Gasteiger partial charge is 0.379 e. The fourth-order valence-corrected chi connectivity index (χ4v) is 5.92. The number of rotatable bonds is 7. The number of hydrogen-bond acceptors (Lipinski definition) is 2. The Labute approximate surface area is 131 Å². The van der Waals surface area contributed by atoms with Crippen molar-refractivity contribution in [3.63, 3.8) is 0 Å². The van der Waals surface area contributed by atoms with Crippen molar-refractivity contribution < 1.29 is 4.74 Å². The predicted octanol–water partition coefficient (Wildman–Crippen LogP) is 4.24. The summed E-state index contributed by atoms with van der Waals surface area (Å²) in [6.45, 7) is 7.84. The molecule has 4 saturated carbocycles.